The van der Waals surface area contributed by atoms with E-state index >= 15 is 0 Å². The summed E-state index contributed by atoms with van der Waals surface area (Å²) in [6, 6.07) is 18.8. The van der Waals surface area contributed by atoms with Crippen molar-refractivity contribution >= 4 is 17.1 Å². The largest absolute Gasteiger partial charge is 0.399 e. The van der Waals surface area contributed by atoms with Crippen molar-refractivity contribution in [3.05, 3.63) is 88.0 Å². The summed E-state index contributed by atoms with van der Waals surface area (Å²) >= 11 is 0. The Morgan fingerprint density at radius 1 is 0.654 bits per heavy atom. The molecule has 0 bridgehead atoms. The molecule has 0 atom stereocenters. The van der Waals surface area contributed by atoms with Crippen LogP contribution in [0.25, 0.3) is 0 Å². The number of nitrogen functional groups attached to an aromatic ring is 3. The normalized spacial score (nSPS) is 11.0. The Balaban J connectivity index is 2.19. The molecule has 134 valence electrons. The van der Waals surface area contributed by atoms with E-state index in [1.807, 2.05) is 32.0 Å². The summed E-state index contributed by atoms with van der Waals surface area (Å²) in [4.78, 5) is 0. The molecule has 0 aliphatic rings. The summed E-state index contributed by atoms with van der Waals surface area (Å²) in [7, 11) is 0. The molecule has 4 heteroatoms. The van der Waals surface area contributed by atoms with Gasteiger partial charge in [-0.05, 0) is 72.4 Å². The quantitative estimate of drug-likeness (QED) is 0.246. The lowest BCUT2D eigenvalue weighted by Gasteiger charge is -2.22. The second-order valence-corrected chi connectivity index (χ2v) is 6.88. The Labute approximate surface area is 155 Å². The molecule has 0 aliphatic heterocycles. The van der Waals surface area contributed by atoms with Crippen LogP contribution in [0, 0.1) is 20.8 Å². The SMILES string of the molecule is Cc1cc(C(c2ccc(N)c(C)c2)c2ccc(NN)c(C)c2)ccc1N. The van der Waals surface area contributed by atoms with Gasteiger partial charge in [-0.1, -0.05) is 36.4 Å². The average molecular weight is 346 g/mol. The fourth-order valence-electron chi connectivity index (χ4n) is 3.36. The molecule has 0 amide bonds. The fraction of sp³-hybridized carbons (Fsp3) is 0.182. The zero-order valence-electron chi connectivity index (χ0n) is 15.5. The number of hydrazine groups is 1. The summed E-state index contributed by atoms with van der Waals surface area (Å²) in [5.41, 5.74) is 24.2. The van der Waals surface area contributed by atoms with Crippen LogP contribution < -0.4 is 22.7 Å². The van der Waals surface area contributed by atoms with Crippen LogP contribution in [0.3, 0.4) is 0 Å². The average Bonchev–Trinajstić information content (AvgIpc) is 2.61. The highest BCUT2D eigenvalue weighted by molar-refractivity contribution is 5.58. The third kappa shape index (κ3) is 3.37. The molecule has 3 aromatic rings. The summed E-state index contributed by atoms with van der Waals surface area (Å²) in [5, 5.41) is 0. The van der Waals surface area contributed by atoms with Crippen LogP contribution in [-0.2, 0) is 0 Å². The molecule has 26 heavy (non-hydrogen) atoms. The van der Waals surface area contributed by atoms with Crippen molar-refractivity contribution in [2.45, 2.75) is 26.7 Å². The van der Waals surface area contributed by atoms with E-state index in [1.54, 1.807) is 0 Å². The number of rotatable bonds is 4. The molecular formula is C22H26N4. The number of hydrogen-bond acceptors (Lipinski definition) is 4. The van der Waals surface area contributed by atoms with Crippen molar-refractivity contribution in [3.63, 3.8) is 0 Å². The molecule has 3 rings (SSSR count). The van der Waals surface area contributed by atoms with E-state index in [0.29, 0.717) is 0 Å². The van der Waals surface area contributed by atoms with E-state index < -0.39 is 0 Å². The second kappa shape index (κ2) is 7.10. The Hall–Kier alpha value is -2.98. The van der Waals surface area contributed by atoms with Gasteiger partial charge in [0.15, 0.2) is 0 Å². The van der Waals surface area contributed by atoms with E-state index in [2.05, 4.69) is 48.7 Å². The maximum Gasteiger partial charge on any atom is 0.0514 e. The maximum absolute atomic E-state index is 6.03. The first-order valence-corrected chi connectivity index (χ1v) is 8.70. The lowest BCUT2D eigenvalue weighted by atomic mass is 9.83. The lowest BCUT2D eigenvalue weighted by Crippen LogP contribution is -2.10. The predicted molar refractivity (Wildman–Crippen MR) is 111 cm³/mol. The zero-order valence-corrected chi connectivity index (χ0v) is 15.5. The number of aryl methyl sites for hydroxylation is 3. The topological polar surface area (TPSA) is 90.1 Å². The van der Waals surface area contributed by atoms with Crippen molar-refractivity contribution in [1.82, 2.24) is 0 Å². The van der Waals surface area contributed by atoms with E-state index in [9.17, 15) is 0 Å². The van der Waals surface area contributed by atoms with Crippen molar-refractivity contribution in [2.75, 3.05) is 16.9 Å². The lowest BCUT2D eigenvalue weighted by molar-refractivity contribution is 0.969. The van der Waals surface area contributed by atoms with Crippen LogP contribution in [0.15, 0.2) is 54.6 Å². The first-order valence-electron chi connectivity index (χ1n) is 8.70. The first-order chi connectivity index (χ1) is 12.4. The van der Waals surface area contributed by atoms with Gasteiger partial charge in [0, 0.05) is 17.3 Å². The maximum atomic E-state index is 6.03. The minimum absolute atomic E-state index is 0.0964. The van der Waals surface area contributed by atoms with Gasteiger partial charge in [-0.3, -0.25) is 5.84 Å². The third-order valence-corrected chi connectivity index (χ3v) is 4.99. The van der Waals surface area contributed by atoms with Crippen LogP contribution >= 0.6 is 0 Å². The third-order valence-electron chi connectivity index (χ3n) is 4.99. The van der Waals surface area contributed by atoms with E-state index in [1.165, 1.54) is 16.7 Å². The summed E-state index contributed by atoms with van der Waals surface area (Å²) in [6.07, 6.45) is 0. The summed E-state index contributed by atoms with van der Waals surface area (Å²) in [5.74, 6) is 5.69. The molecule has 0 spiro atoms. The summed E-state index contributed by atoms with van der Waals surface area (Å²) < 4.78 is 0. The molecule has 0 saturated heterocycles. The minimum Gasteiger partial charge on any atom is -0.399 e. The van der Waals surface area contributed by atoms with Gasteiger partial charge in [0.25, 0.3) is 0 Å². The summed E-state index contributed by atoms with van der Waals surface area (Å²) in [6.45, 7) is 6.13. The van der Waals surface area contributed by atoms with Crippen LogP contribution in [0.4, 0.5) is 17.1 Å². The van der Waals surface area contributed by atoms with Gasteiger partial charge in [-0.25, -0.2) is 0 Å². The van der Waals surface area contributed by atoms with Crippen LogP contribution in [0.2, 0.25) is 0 Å². The molecule has 0 heterocycles. The highest BCUT2D eigenvalue weighted by Crippen LogP contribution is 2.35. The molecule has 0 saturated carbocycles. The van der Waals surface area contributed by atoms with Crippen LogP contribution in [-0.4, -0.2) is 0 Å². The molecule has 4 nitrogen and oxygen atoms in total. The molecule has 0 radical (unpaired) electrons. The fourth-order valence-corrected chi connectivity index (χ4v) is 3.36. The highest BCUT2D eigenvalue weighted by Gasteiger charge is 2.19. The Kier molecular flexibility index (Phi) is 4.87. The molecule has 0 aromatic heterocycles. The smallest absolute Gasteiger partial charge is 0.0514 e. The number of nitrogens with one attached hydrogen (secondary N) is 1. The van der Waals surface area contributed by atoms with Gasteiger partial charge < -0.3 is 16.9 Å². The van der Waals surface area contributed by atoms with Gasteiger partial charge in [0.1, 0.15) is 0 Å². The molecule has 0 fully saturated rings. The van der Waals surface area contributed by atoms with Gasteiger partial charge >= 0.3 is 0 Å². The number of hydrogen-bond donors (Lipinski definition) is 4. The van der Waals surface area contributed by atoms with Gasteiger partial charge in [-0.15, -0.1) is 0 Å². The van der Waals surface area contributed by atoms with Crippen molar-refractivity contribution in [2.24, 2.45) is 5.84 Å². The Bertz CT molecular complexity index is 895. The molecule has 3 aromatic carbocycles. The van der Waals surface area contributed by atoms with E-state index in [-0.39, 0.29) is 5.92 Å². The molecular weight excluding hydrogens is 320 g/mol. The van der Waals surface area contributed by atoms with Gasteiger partial charge in [0.05, 0.1) is 5.69 Å². The number of nitrogens with two attached hydrogens (primary N) is 3. The molecule has 0 unspecified atom stereocenters. The first kappa shape index (κ1) is 17.8. The molecule has 0 aliphatic carbocycles. The number of benzene rings is 3. The number of anilines is 3. The highest BCUT2D eigenvalue weighted by atomic mass is 15.2. The van der Waals surface area contributed by atoms with Crippen LogP contribution in [0.1, 0.15) is 39.3 Å². The van der Waals surface area contributed by atoms with E-state index in [0.717, 1.165) is 33.8 Å². The Morgan fingerprint density at radius 3 is 1.46 bits per heavy atom. The van der Waals surface area contributed by atoms with Gasteiger partial charge in [0.2, 0.25) is 0 Å². The standard InChI is InChI=1S/C22H26N4/c1-13-10-16(4-7-19(13)23)22(17-5-8-20(24)14(2)11-17)18-6-9-21(26-25)15(3)12-18/h4-12,22,26H,23-25H2,1-3H3. The van der Waals surface area contributed by atoms with Crippen molar-refractivity contribution < 1.29 is 0 Å². The van der Waals surface area contributed by atoms with Crippen molar-refractivity contribution in [1.29, 1.82) is 0 Å². The van der Waals surface area contributed by atoms with E-state index in [4.69, 9.17) is 17.3 Å². The second-order valence-electron chi connectivity index (χ2n) is 6.88. The monoisotopic (exact) mass is 346 g/mol. The van der Waals surface area contributed by atoms with Crippen LogP contribution in [0.5, 0.6) is 0 Å². The Morgan fingerprint density at radius 2 is 1.08 bits per heavy atom. The van der Waals surface area contributed by atoms with Gasteiger partial charge in [-0.2, -0.15) is 0 Å². The molecule has 7 N–H and O–H groups in total. The van der Waals surface area contributed by atoms with Crippen molar-refractivity contribution in [3.8, 4) is 0 Å². The zero-order chi connectivity index (χ0) is 18.8. The minimum atomic E-state index is 0.0964. The predicted octanol–water partition coefficient (Wildman–Crippen LogP) is 4.24.